The summed E-state index contributed by atoms with van der Waals surface area (Å²) in [6.45, 7) is 2.88. The molecule has 0 aromatic heterocycles. The molecule has 2 amide bonds. The molecule has 2 rings (SSSR count). The maximum Gasteiger partial charge on any atom is 0.251 e. The molecule has 26 heavy (non-hydrogen) atoms. The second-order valence-corrected chi connectivity index (χ2v) is 6.19. The predicted octanol–water partition coefficient (Wildman–Crippen LogP) is 2.43. The quantitative estimate of drug-likeness (QED) is 0.800. The number of benzene rings is 2. The molecule has 0 aliphatic heterocycles. The molecule has 0 atom stereocenters. The largest absolute Gasteiger partial charge is 0.496 e. The van der Waals surface area contributed by atoms with E-state index >= 15 is 0 Å². The van der Waals surface area contributed by atoms with Gasteiger partial charge < -0.3 is 15.4 Å². The van der Waals surface area contributed by atoms with Gasteiger partial charge in [0.15, 0.2) is 0 Å². The SMILES string of the molecule is CNC(=O)c1ccc(NC(=O)CN(C)Cc2cc(C)ccc2OC)cc1. The van der Waals surface area contributed by atoms with Crippen LogP contribution in [0.25, 0.3) is 0 Å². The molecule has 0 radical (unpaired) electrons. The molecular weight excluding hydrogens is 330 g/mol. The van der Waals surface area contributed by atoms with Gasteiger partial charge in [-0.3, -0.25) is 14.5 Å². The van der Waals surface area contributed by atoms with E-state index < -0.39 is 0 Å². The van der Waals surface area contributed by atoms with E-state index in [1.54, 1.807) is 38.4 Å². The second kappa shape index (κ2) is 9.01. The molecule has 0 bridgehead atoms. The first-order valence-electron chi connectivity index (χ1n) is 8.37. The third kappa shape index (κ3) is 5.32. The molecular formula is C20H25N3O3. The van der Waals surface area contributed by atoms with E-state index in [2.05, 4.69) is 16.7 Å². The van der Waals surface area contributed by atoms with Crippen LogP contribution in [0.15, 0.2) is 42.5 Å². The summed E-state index contributed by atoms with van der Waals surface area (Å²) in [6.07, 6.45) is 0. The number of methoxy groups -OCH3 is 1. The van der Waals surface area contributed by atoms with E-state index in [4.69, 9.17) is 4.74 Å². The normalized spacial score (nSPS) is 10.5. The number of aryl methyl sites for hydroxylation is 1. The number of likely N-dealkylation sites (N-methyl/N-ethyl adjacent to an activating group) is 1. The summed E-state index contributed by atoms with van der Waals surface area (Å²) >= 11 is 0. The molecule has 0 aliphatic carbocycles. The van der Waals surface area contributed by atoms with Crippen LogP contribution in [0.4, 0.5) is 5.69 Å². The zero-order valence-corrected chi connectivity index (χ0v) is 15.6. The number of ether oxygens (including phenoxy) is 1. The van der Waals surface area contributed by atoms with Crippen molar-refractivity contribution in [3.63, 3.8) is 0 Å². The van der Waals surface area contributed by atoms with Crippen LogP contribution in [-0.4, -0.2) is 44.5 Å². The molecule has 0 unspecified atom stereocenters. The van der Waals surface area contributed by atoms with Crippen molar-refractivity contribution in [3.8, 4) is 5.75 Å². The molecule has 6 heteroatoms. The monoisotopic (exact) mass is 355 g/mol. The lowest BCUT2D eigenvalue weighted by molar-refractivity contribution is -0.117. The van der Waals surface area contributed by atoms with Crippen LogP contribution in [-0.2, 0) is 11.3 Å². The van der Waals surface area contributed by atoms with Gasteiger partial charge in [0, 0.05) is 30.4 Å². The topological polar surface area (TPSA) is 70.7 Å². The Bertz CT molecular complexity index is 772. The molecule has 0 spiro atoms. The van der Waals surface area contributed by atoms with Crippen LogP contribution in [0.5, 0.6) is 5.75 Å². The lowest BCUT2D eigenvalue weighted by Crippen LogP contribution is -2.30. The Hall–Kier alpha value is -2.86. The van der Waals surface area contributed by atoms with Crippen molar-refractivity contribution in [2.24, 2.45) is 0 Å². The fourth-order valence-corrected chi connectivity index (χ4v) is 2.67. The van der Waals surface area contributed by atoms with E-state index in [1.165, 1.54) is 0 Å². The first-order chi connectivity index (χ1) is 12.4. The second-order valence-electron chi connectivity index (χ2n) is 6.19. The van der Waals surface area contributed by atoms with Crippen molar-refractivity contribution in [2.75, 3.05) is 33.1 Å². The molecule has 2 aromatic rings. The zero-order valence-electron chi connectivity index (χ0n) is 15.6. The molecule has 0 heterocycles. The summed E-state index contributed by atoms with van der Waals surface area (Å²) in [4.78, 5) is 25.7. The van der Waals surface area contributed by atoms with Crippen LogP contribution < -0.4 is 15.4 Å². The van der Waals surface area contributed by atoms with Gasteiger partial charge in [-0.05, 0) is 44.3 Å². The maximum atomic E-state index is 12.2. The Morgan fingerprint density at radius 2 is 1.81 bits per heavy atom. The van der Waals surface area contributed by atoms with Gasteiger partial charge in [0.05, 0.1) is 13.7 Å². The van der Waals surface area contributed by atoms with Gasteiger partial charge in [0.2, 0.25) is 5.91 Å². The summed E-state index contributed by atoms with van der Waals surface area (Å²) < 4.78 is 5.38. The average molecular weight is 355 g/mol. The van der Waals surface area contributed by atoms with E-state index in [9.17, 15) is 9.59 Å². The fourth-order valence-electron chi connectivity index (χ4n) is 2.67. The number of nitrogens with one attached hydrogen (secondary N) is 2. The van der Waals surface area contributed by atoms with Crippen molar-refractivity contribution in [1.82, 2.24) is 10.2 Å². The van der Waals surface area contributed by atoms with Crippen LogP contribution in [0.2, 0.25) is 0 Å². The van der Waals surface area contributed by atoms with Gasteiger partial charge in [0.25, 0.3) is 5.91 Å². The molecule has 0 fully saturated rings. The standard InChI is InChI=1S/C20H25N3O3/c1-14-5-10-18(26-4)16(11-14)12-23(3)13-19(24)22-17-8-6-15(7-9-17)20(25)21-2/h5-11H,12-13H2,1-4H3,(H,21,25)(H,22,24). The van der Waals surface area contributed by atoms with Gasteiger partial charge >= 0.3 is 0 Å². The van der Waals surface area contributed by atoms with Crippen molar-refractivity contribution >= 4 is 17.5 Å². The van der Waals surface area contributed by atoms with Gasteiger partial charge in [-0.1, -0.05) is 17.7 Å². The van der Waals surface area contributed by atoms with Gasteiger partial charge in [-0.2, -0.15) is 0 Å². The Labute approximate surface area is 154 Å². The number of nitrogens with zero attached hydrogens (tertiary/aromatic N) is 1. The molecule has 6 nitrogen and oxygen atoms in total. The first kappa shape index (κ1) is 19.5. The third-order valence-electron chi connectivity index (χ3n) is 3.95. The minimum absolute atomic E-state index is 0.119. The van der Waals surface area contributed by atoms with E-state index in [0.717, 1.165) is 16.9 Å². The number of hydrogen-bond acceptors (Lipinski definition) is 4. The number of carbonyl (C=O) groups is 2. The summed E-state index contributed by atoms with van der Waals surface area (Å²) in [5.41, 5.74) is 3.39. The Morgan fingerprint density at radius 3 is 2.42 bits per heavy atom. The maximum absolute atomic E-state index is 12.2. The lowest BCUT2D eigenvalue weighted by atomic mass is 10.1. The number of rotatable bonds is 7. The van der Waals surface area contributed by atoms with Crippen molar-refractivity contribution in [3.05, 3.63) is 59.2 Å². The number of anilines is 1. The predicted molar refractivity (Wildman–Crippen MR) is 103 cm³/mol. The highest BCUT2D eigenvalue weighted by atomic mass is 16.5. The van der Waals surface area contributed by atoms with Crippen LogP contribution in [0, 0.1) is 6.92 Å². The van der Waals surface area contributed by atoms with Crippen LogP contribution in [0.3, 0.4) is 0 Å². The Morgan fingerprint density at radius 1 is 1.12 bits per heavy atom. The van der Waals surface area contributed by atoms with Crippen LogP contribution >= 0.6 is 0 Å². The van der Waals surface area contributed by atoms with E-state index in [-0.39, 0.29) is 18.4 Å². The highest BCUT2D eigenvalue weighted by Crippen LogP contribution is 2.21. The third-order valence-corrected chi connectivity index (χ3v) is 3.95. The molecule has 2 aromatic carbocycles. The van der Waals surface area contributed by atoms with E-state index in [0.29, 0.717) is 17.8 Å². The first-order valence-corrected chi connectivity index (χ1v) is 8.37. The Balaban J connectivity index is 1.93. The summed E-state index contributed by atoms with van der Waals surface area (Å²) in [5, 5.41) is 5.40. The number of hydrogen-bond donors (Lipinski definition) is 2. The number of carbonyl (C=O) groups excluding carboxylic acids is 2. The Kier molecular flexibility index (Phi) is 6.74. The summed E-state index contributed by atoms with van der Waals surface area (Å²) in [6, 6.07) is 12.8. The minimum atomic E-state index is -0.158. The highest BCUT2D eigenvalue weighted by Gasteiger charge is 2.11. The van der Waals surface area contributed by atoms with Crippen molar-refractivity contribution in [1.29, 1.82) is 0 Å². The average Bonchev–Trinajstić information content (AvgIpc) is 2.61. The number of amides is 2. The smallest absolute Gasteiger partial charge is 0.251 e. The highest BCUT2D eigenvalue weighted by molar-refractivity contribution is 5.96. The molecule has 0 aliphatic rings. The van der Waals surface area contributed by atoms with Crippen molar-refractivity contribution in [2.45, 2.75) is 13.5 Å². The molecule has 0 saturated heterocycles. The lowest BCUT2D eigenvalue weighted by Gasteiger charge is -2.18. The molecule has 138 valence electrons. The minimum Gasteiger partial charge on any atom is -0.496 e. The molecule has 2 N–H and O–H groups in total. The summed E-state index contributed by atoms with van der Waals surface area (Å²) in [5.74, 6) is 0.536. The van der Waals surface area contributed by atoms with Gasteiger partial charge in [-0.25, -0.2) is 0 Å². The van der Waals surface area contributed by atoms with Gasteiger partial charge in [0.1, 0.15) is 5.75 Å². The van der Waals surface area contributed by atoms with E-state index in [1.807, 2.05) is 31.0 Å². The van der Waals surface area contributed by atoms with Crippen molar-refractivity contribution < 1.29 is 14.3 Å². The van der Waals surface area contributed by atoms with Crippen LogP contribution in [0.1, 0.15) is 21.5 Å². The molecule has 0 saturated carbocycles. The zero-order chi connectivity index (χ0) is 19.1. The van der Waals surface area contributed by atoms with Gasteiger partial charge in [-0.15, -0.1) is 0 Å². The fraction of sp³-hybridized carbons (Fsp3) is 0.300. The summed E-state index contributed by atoms with van der Waals surface area (Å²) in [7, 11) is 5.11.